The molecule has 0 bridgehead atoms. The zero-order chi connectivity index (χ0) is 13.5. The Bertz CT molecular complexity index is 421. The fourth-order valence-electron chi connectivity index (χ4n) is 1.59. The zero-order valence-corrected chi connectivity index (χ0v) is 10.5. The van der Waals surface area contributed by atoms with Crippen molar-refractivity contribution in [3.63, 3.8) is 0 Å². The van der Waals surface area contributed by atoms with E-state index in [0.717, 1.165) is 5.56 Å². The fourth-order valence-corrected chi connectivity index (χ4v) is 1.59. The van der Waals surface area contributed by atoms with Crippen molar-refractivity contribution in [1.29, 1.82) is 0 Å². The molecule has 0 saturated heterocycles. The molecule has 0 saturated carbocycles. The van der Waals surface area contributed by atoms with E-state index in [9.17, 15) is 9.90 Å². The number of phenols is 1. The van der Waals surface area contributed by atoms with Crippen molar-refractivity contribution in [3.8, 4) is 17.2 Å². The van der Waals surface area contributed by atoms with Gasteiger partial charge >= 0.3 is 0 Å². The first kappa shape index (κ1) is 14.1. The first-order valence-electron chi connectivity index (χ1n) is 5.53. The highest BCUT2D eigenvalue weighted by Crippen LogP contribution is 2.34. The Labute approximate surface area is 106 Å². The number of nitrogens with one attached hydrogen (secondary N) is 1. The van der Waals surface area contributed by atoms with Crippen LogP contribution in [0.1, 0.15) is 5.56 Å². The number of phenolic OH excluding ortho intramolecular Hbond substituents is 1. The number of amides is 1. The molecule has 0 radical (unpaired) electrons. The molecule has 1 aromatic rings. The average Bonchev–Trinajstić information content (AvgIpc) is 2.37. The second-order valence-corrected chi connectivity index (χ2v) is 3.64. The number of carbonyl (C=O) groups is 1. The Balaban J connectivity index is 2.79. The molecule has 0 aliphatic rings. The van der Waals surface area contributed by atoms with E-state index in [1.165, 1.54) is 20.3 Å². The van der Waals surface area contributed by atoms with E-state index in [4.69, 9.17) is 15.2 Å². The first-order valence-corrected chi connectivity index (χ1v) is 5.53. The molecular formula is C12H18N2O4. The van der Waals surface area contributed by atoms with E-state index >= 15 is 0 Å². The van der Waals surface area contributed by atoms with E-state index in [1.807, 2.05) is 0 Å². The van der Waals surface area contributed by atoms with Gasteiger partial charge in [-0.1, -0.05) is 0 Å². The van der Waals surface area contributed by atoms with Crippen molar-refractivity contribution < 1.29 is 19.4 Å². The summed E-state index contributed by atoms with van der Waals surface area (Å²) in [6, 6.07) is 3.23. The largest absolute Gasteiger partial charge is 0.504 e. The van der Waals surface area contributed by atoms with Gasteiger partial charge in [-0.2, -0.15) is 0 Å². The van der Waals surface area contributed by atoms with E-state index in [-0.39, 0.29) is 18.2 Å². The molecule has 0 heterocycles. The molecule has 0 atom stereocenters. The van der Waals surface area contributed by atoms with Crippen molar-refractivity contribution in [2.24, 2.45) is 5.73 Å². The number of hydrogen-bond donors (Lipinski definition) is 3. The highest BCUT2D eigenvalue weighted by molar-refractivity contribution is 5.77. The van der Waals surface area contributed by atoms with Crippen molar-refractivity contribution in [2.75, 3.05) is 27.3 Å². The molecule has 100 valence electrons. The van der Waals surface area contributed by atoms with Gasteiger partial charge in [0.15, 0.2) is 11.5 Å². The first-order chi connectivity index (χ1) is 8.62. The molecule has 0 spiro atoms. The summed E-state index contributed by atoms with van der Waals surface area (Å²) in [5.41, 5.74) is 5.94. The average molecular weight is 254 g/mol. The topological polar surface area (TPSA) is 93.8 Å². The predicted molar refractivity (Wildman–Crippen MR) is 67.0 cm³/mol. The zero-order valence-electron chi connectivity index (χ0n) is 10.5. The van der Waals surface area contributed by atoms with Crippen LogP contribution in [-0.2, 0) is 11.2 Å². The lowest BCUT2D eigenvalue weighted by Crippen LogP contribution is -2.31. The summed E-state index contributed by atoms with van der Waals surface area (Å²) < 4.78 is 10.2. The summed E-state index contributed by atoms with van der Waals surface area (Å²) in [7, 11) is 2.99. The van der Waals surface area contributed by atoms with Crippen molar-refractivity contribution in [1.82, 2.24) is 5.32 Å². The quantitative estimate of drug-likeness (QED) is 0.665. The molecule has 6 heteroatoms. The predicted octanol–water partition coefficient (Wildman–Crippen LogP) is 0.0268. The SMILES string of the molecule is COc1cc(O)c(OC)c(CCNC(=O)CN)c1. The molecule has 0 aliphatic heterocycles. The standard InChI is InChI=1S/C12H18N2O4/c1-17-9-5-8(3-4-14-11(16)7-13)12(18-2)10(15)6-9/h5-6,15H,3-4,7,13H2,1-2H3,(H,14,16). The molecule has 0 unspecified atom stereocenters. The number of carbonyl (C=O) groups excluding carboxylic acids is 1. The van der Waals surface area contributed by atoms with E-state index < -0.39 is 0 Å². The van der Waals surface area contributed by atoms with Crippen LogP contribution >= 0.6 is 0 Å². The van der Waals surface area contributed by atoms with E-state index in [0.29, 0.717) is 24.5 Å². The van der Waals surface area contributed by atoms with Crippen LogP contribution in [0.4, 0.5) is 0 Å². The number of methoxy groups -OCH3 is 2. The Hall–Kier alpha value is -1.95. The minimum absolute atomic E-state index is 0.0111. The smallest absolute Gasteiger partial charge is 0.233 e. The van der Waals surface area contributed by atoms with Crippen LogP contribution in [-0.4, -0.2) is 38.3 Å². The Morgan fingerprint density at radius 2 is 2.11 bits per heavy atom. The Morgan fingerprint density at radius 1 is 1.39 bits per heavy atom. The van der Waals surface area contributed by atoms with Gasteiger partial charge in [0, 0.05) is 18.2 Å². The molecule has 0 aromatic heterocycles. The number of aromatic hydroxyl groups is 1. The van der Waals surface area contributed by atoms with Crippen LogP contribution in [0.5, 0.6) is 17.2 Å². The molecule has 0 aliphatic carbocycles. The highest BCUT2D eigenvalue weighted by Gasteiger charge is 2.11. The molecule has 1 amide bonds. The summed E-state index contributed by atoms with van der Waals surface area (Å²) in [4.78, 5) is 11.0. The van der Waals surface area contributed by atoms with Gasteiger partial charge in [-0.3, -0.25) is 4.79 Å². The molecule has 18 heavy (non-hydrogen) atoms. The third-order valence-electron chi connectivity index (χ3n) is 2.46. The van der Waals surface area contributed by atoms with Gasteiger partial charge in [-0.15, -0.1) is 0 Å². The number of nitrogens with two attached hydrogens (primary N) is 1. The van der Waals surface area contributed by atoms with Crippen LogP contribution < -0.4 is 20.5 Å². The summed E-state index contributed by atoms with van der Waals surface area (Å²) in [5.74, 6) is 0.712. The molecule has 1 rings (SSSR count). The minimum Gasteiger partial charge on any atom is -0.504 e. The lowest BCUT2D eigenvalue weighted by Gasteiger charge is -2.12. The van der Waals surface area contributed by atoms with Crippen molar-refractivity contribution >= 4 is 5.91 Å². The third kappa shape index (κ3) is 3.53. The van der Waals surface area contributed by atoms with E-state index in [1.54, 1.807) is 6.07 Å². The number of ether oxygens (including phenoxy) is 2. The van der Waals surface area contributed by atoms with Gasteiger partial charge < -0.3 is 25.6 Å². The monoisotopic (exact) mass is 254 g/mol. The lowest BCUT2D eigenvalue weighted by molar-refractivity contribution is -0.119. The van der Waals surface area contributed by atoms with Crippen LogP contribution in [0.2, 0.25) is 0 Å². The normalized spacial score (nSPS) is 9.94. The van der Waals surface area contributed by atoms with E-state index in [2.05, 4.69) is 5.32 Å². The summed E-state index contributed by atoms with van der Waals surface area (Å²) in [6.07, 6.45) is 0.514. The maximum Gasteiger partial charge on any atom is 0.233 e. The maximum atomic E-state index is 11.0. The second-order valence-electron chi connectivity index (χ2n) is 3.64. The number of benzene rings is 1. The molecular weight excluding hydrogens is 236 g/mol. The third-order valence-corrected chi connectivity index (χ3v) is 2.46. The number of hydrogen-bond acceptors (Lipinski definition) is 5. The molecule has 0 fully saturated rings. The maximum absolute atomic E-state index is 11.0. The Kier molecular flexibility index (Phi) is 5.26. The van der Waals surface area contributed by atoms with Gasteiger partial charge in [0.05, 0.1) is 20.8 Å². The Morgan fingerprint density at radius 3 is 2.67 bits per heavy atom. The van der Waals surface area contributed by atoms with Crippen molar-refractivity contribution in [2.45, 2.75) is 6.42 Å². The number of rotatable bonds is 6. The highest BCUT2D eigenvalue weighted by atomic mass is 16.5. The van der Waals surface area contributed by atoms with Crippen LogP contribution in [0, 0.1) is 0 Å². The van der Waals surface area contributed by atoms with Gasteiger partial charge in [-0.05, 0) is 12.5 Å². The molecule has 1 aromatic carbocycles. The fraction of sp³-hybridized carbons (Fsp3) is 0.417. The minimum atomic E-state index is -0.221. The molecule has 4 N–H and O–H groups in total. The summed E-state index contributed by atoms with van der Waals surface area (Å²) in [5, 5.41) is 12.4. The van der Waals surface area contributed by atoms with Crippen LogP contribution in [0.15, 0.2) is 12.1 Å². The van der Waals surface area contributed by atoms with Gasteiger partial charge in [0.2, 0.25) is 5.91 Å². The van der Waals surface area contributed by atoms with Gasteiger partial charge in [0.25, 0.3) is 0 Å². The van der Waals surface area contributed by atoms with Crippen LogP contribution in [0.25, 0.3) is 0 Å². The van der Waals surface area contributed by atoms with Crippen LogP contribution in [0.3, 0.4) is 0 Å². The molecule has 6 nitrogen and oxygen atoms in total. The van der Waals surface area contributed by atoms with Crippen molar-refractivity contribution in [3.05, 3.63) is 17.7 Å². The summed E-state index contributed by atoms with van der Waals surface area (Å²) >= 11 is 0. The lowest BCUT2D eigenvalue weighted by atomic mass is 10.1. The second kappa shape index (κ2) is 6.70. The van der Waals surface area contributed by atoms with Gasteiger partial charge in [0.1, 0.15) is 5.75 Å². The summed E-state index contributed by atoms with van der Waals surface area (Å²) in [6.45, 7) is 0.375. The van der Waals surface area contributed by atoms with Gasteiger partial charge in [-0.25, -0.2) is 0 Å².